The Morgan fingerprint density at radius 1 is 0.880 bits per heavy atom. The molecule has 0 amide bonds. The van der Waals surface area contributed by atoms with Gasteiger partial charge in [-0.1, -0.05) is 12.1 Å². The summed E-state index contributed by atoms with van der Waals surface area (Å²) in [6.07, 6.45) is 0.628. The molecule has 0 fully saturated rings. The number of fused-ring (bicyclic) bond motifs is 3. The van der Waals surface area contributed by atoms with Gasteiger partial charge in [-0.25, -0.2) is 4.39 Å². The van der Waals surface area contributed by atoms with Crippen LogP contribution in [-0.4, -0.2) is 14.2 Å². The average molecular weight is 336 g/mol. The van der Waals surface area contributed by atoms with E-state index in [0.717, 1.165) is 39.0 Å². The third-order valence-electron chi connectivity index (χ3n) is 4.41. The van der Waals surface area contributed by atoms with E-state index in [2.05, 4.69) is 0 Å². The van der Waals surface area contributed by atoms with Gasteiger partial charge in [0.2, 0.25) is 0 Å². The van der Waals surface area contributed by atoms with Crippen molar-refractivity contribution in [2.24, 2.45) is 0 Å². The maximum absolute atomic E-state index is 13.7. The predicted octanol–water partition coefficient (Wildman–Crippen LogP) is 5.33. The Morgan fingerprint density at radius 3 is 2.56 bits per heavy atom. The van der Waals surface area contributed by atoms with Crippen LogP contribution in [-0.2, 0) is 6.42 Å². The largest absolute Gasteiger partial charge is 0.497 e. The van der Waals surface area contributed by atoms with Gasteiger partial charge >= 0.3 is 0 Å². The van der Waals surface area contributed by atoms with E-state index >= 15 is 0 Å². The van der Waals surface area contributed by atoms with Gasteiger partial charge in [-0.2, -0.15) is 0 Å². The van der Waals surface area contributed by atoms with Crippen molar-refractivity contribution in [1.82, 2.24) is 0 Å². The van der Waals surface area contributed by atoms with Crippen molar-refractivity contribution < 1.29 is 18.3 Å². The molecule has 3 nitrogen and oxygen atoms in total. The molecular weight excluding hydrogens is 319 g/mol. The molecule has 0 N–H and O–H groups in total. The van der Waals surface area contributed by atoms with Gasteiger partial charge in [0.1, 0.15) is 28.5 Å². The standard InChI is InChI=1S/C21H17FO3/c1-23-16-7-9-18(24-2)14(11-16)10-13-4-3-5-20-21(13)17-12-15(22)6-8-19(17)25-20/h3-9,11-12H,10H2,1-2H3. The van der Waals surface area contributed by atoms with Crippen LogP contribution in [0.2, 0.25) is 0 Å². The first-order valence-electron chi connectivity index (χ1n) is 8.00. The second kappa shape index (κ2) is 6.13. The van der Waals surface area contributed by atoms with E-state index in [1.807, 2.05) is 36.4 Å². The molecule has 0 unspecified atom stereocenters. The van der Waals surface area contributed by atoms with Crippen LogP contribution in [0, 0.1) is 5.82 Å². The van der Waals surface area contributed by atoms with Crippen molar-refractivity contribution in [2.45, 2.75) is 6.42 Å². The highest BCUT2D eigenvalue weighted by molar-refractivity contribution is 6.06. The zero-order valence-electron chi connectivity index (χ0n) is 14.0. The summed E-state index contributed by atoms with van der Waals surface area (Å²) in [5.74, 6) is 1.28. The van der Waals surface area contributed by atoms with Crippen LogP contribution in [0.15, 0.2) is 59.0 Å². The molecule has 3 aromatic carbocycles. The molecule has 0 aliphatic carbocycles. The Bertz CT molecular complexity index is 1070. The number of hydrogen-bond acceptors (Lipinski definition) is 3. The SMILES string of the molecule is COc1ccc(OC)c(Cc2cccc3oc4ccc(F)cc4c23)c1. The number of rotatable bonds is 4. The van der Waals surface area contributed by atoms with Crippen LogP contribution in [0.25, 0.3) is 21.9 Å². The molecule has 0 saturated heterocycles. The summed E-state index contributed by atoms with van der Waals surface area (Å²) < 4.78 is 30.4. The number of ether oxygens (including phenoxy) is 2. The van der Waals surface area contributed by atoms with E-state index in [4.69, 9.17) is 13.9 Å². The van der Waals surface area contributed by atoms with Gasteiger partial charge in [0.05, 0.1) is 14.2 Å². The van der Waals surface area contributed by atoms with E-state index in [0.29, 0.717) is 12.0 Å². The van der Waals surface area contributed by atoms with Gasteiger partial charge in [0.15, 0.2) is 0 Å². The van der Waals surface area contributed by atoms with E-state index in [1.165, 1.54) is 12.1 Å². The fraction of sp³-hybridized carbons (Fsp3) is 0.143. The van der Waals surface area contributed by atoms with Gasteiger partial charge in [-0.3, -0.25) is 0 Å². The molecule has 0 saturated carbocycles. The molecule has 4 rings (SSSR count). The van der Waals surface area contributed by atoms with Crippen LogP contribution < -0.4 is 9.47 Å². The lowest BCUT2D eigenvalue weighted by molar-refractivity contribution is 0.399. The van der Waals surface area contributed by atoms with E-state index in [-0.39, 0.29) is 5.82 Å². The van der Waals surface area contributed by atoms with Crippen molar-refractivity contribution >= 4 is 21.9 Å². The molecule has 25 heavy (non-hydrogen) atoms. The molecule has 0 aliphatic rings. The molecule has 0 spiro atoms. The lowest BCUT2D eigenvalue weighted by Crippen LogP contribution is -1.96. The third kappa shape index (κ3) is 2.70. The molecule has 126 valence electrons. The number of benzene rings is 3. The van der Waals surface area contributed by atoms with Crippen LogP contribution >= 0.6 is 0 Å². The third-order valence-corrected chi connectivity index (χ3v) is 4.41. The number of methoxy groups -OCH3 is 2. The first-order chi connectivity index (χ1) is 12.2. The topological polar surface area (TPSA) is 31.6 Å². The minimum Gasteiger partial charge on any atom is -0.497 e. The normalized spacial score (nSPS) is 11.2. The second-order valence-electron chi connectivity index (χ2n) is 5.89. The molecule has 0 atom stereocenters. The summed E-state index contributed by atoms with van der Waals surface area (Å²) in [6.45, 7) is 0. The highest BCUT2D eigenvalue weighted by atomic mass is 19.1. The molecule has 0 bridgehead atoms. The summed E-state index contributed by atoms with van der Waals surface area (Å²) >= 11 is 0. The quantitative estimate of drug-likeness (QED) is 0.504. The zero-order valence-corrected chi connectivity index (χ0v) is 14.0. The van der Waals surface area contributed by atoms with Crippen molar-refractivity contribution in [3.05, 3.63) is 71.5 Å². The van der Waals surface area contributed by atoms with Gasteiger partial charge in [0, 0.05) is 22.8 Å². The maximum Gasteiger partial charge on any atom is 0.135 e. The lowest BCUT2D eigenvalue weighted by atomic mass is 9.98. The van der Waals surface area contributed by atoms with Crippen molar-refractivity contribution in [2.75, 3.05) is 14.2 Å². The Morgan fingerprint density at radius 2 is 1.76 bits per heavy atom. The molecule has 0 aliphatic heterocycles. The van der Waals surface area contributed by atoms with Crippen molar-refractivity contribution in [3.63, 3.8) is 0 Å². The summed E-state index contributed by atoms with van der Waals surface area (Å²) in [5.41, 5.74) is 3.48. The fourth-order valence-corrected chi connectivity index (χ4v) is 3.24. The molecule has 0 radical (unpaired) electrons. The second-order valence-corrected chi connectivity index (χ2v) is 5.89. The zero-order chi connectivity index (χ0) is 17.4. The first kappa shape index (κ1) is 15.5. The van der Waals surface area contributed by atoms with Crippen LogP contribution in [0.3, 0.4) is 0 Å². The minimum atomic E-state index is -0.274. The first-order valence-corrected chi connectivity index (χ1v) is 8.00. The highest BCUT2D eigenvalue weighted by Crippen LogP contribution is 2.34. The summed E-state index contributed by atoms with van der Waals surface area (Å²) in [5, 5.41) is 1.72. The maximum atomic E-state index is 13.7. The monoisotopic (exact) mass is 336 g/mol. The van der Waals surface area contributed by atoms with Crippen LogP contribution in [0.1, 0.15) is 11.1 Å². The van der Waals surface area contributed by atoms with Gasteiger partial charge in [-0.05, 0) is 48.0 Å². The van der Waals surface area contributed by atoms with Crippen LogP contribution in [0.5, 0.6) is 11.5 Å². The summed E-state index contributed by atoms with van der Waals surface area (Å²) in [7, 11) is 3.28. The van der Waals surface area contributed by atoms with Crippen molar-refractivity contribution in [3.8, 4) is 11.5 Å². The fourth-order valence-electron chi connectivity index (χ4n) is 3.24. The smallest absolute Gasteiger partial charge is 0.135 e. The molecule has 1 heterocycles. The predicted molar refractivity (Wildman–Crippen MR) is 96.0 cm³/mol. The lowest BCUT2D eigenvalue weighted by Gasteiger charge is -2.11. The number of hydrogen-bond donors (Lipinski definition) is 0. The van der Waals surface area contributed by atoms with Crippen LogP contribution in [0.4, 0.5) is 4.39 Å². The number of furan rings is 1. The van der Waals surface area contributed by atoms with E-state index < -0.39 is 0 Å². The number of halogens is 1. The van der Waals surface area contributed by atoms with E-state index in [1.54, 1.807) is 20.3 Å². The van der Waals surface area contributed by atoms with Gasteiger partial charge in [-0.15, -0.1) is 0 Å². The Balaban J connectivity index is 1.90. The van der Waals surface area contributed by atoms with Gasteiger partial charge < -0.3 is 13.9 Å². The summed E-state index contributed by atoms with van der Waals surface area (Å²) in [4.78, 5) is 0. The Labute approximate surface area is 144 Å². The summed E-state index contributed by atoms with van der Waals surface area (Å²) in [6, 6.07) is 16.2. The van der Waals surface area contributed by atoms with Crippen molar-refractivity contribution in [1.29, 1.82) is 0 Å². The molecule has 4 aromatic rings. The Kier molecular flexibility index (Phi) is 3.80. The average Bonchev–Trinajstić information content (AvgIpc) is 3.00. The Hall–Kier alpha value is -3.01. The minimum absolute atomic E-state index is 0.274. The molecular formula is C21H17FO3. The molecule has 1 aromatic heterocycles. The van der Waals surface area contributed by atoms with Gasteiger partial charge in [0.25, 0.3) is 0 Å². The highest BCUT2D eigenvalue weighted by Gasteiger charge is 2.14. The molecule has 4 heteroatoms. The van der Waals surface area contributed by atoms with E-state index in [9.17, 15) is 4.39 Å².